The van der Waals surface area contributed by atoms with Crippen LogP contribution in [0.2, 0.25) is 0 Å². The Morgan fingerprint density at radius 1 is 1.20 bits per heavy atom. The zero-order chi connectivity index (χ0) is 18.2. The van der Waals surface area contributed by atoms with E-state index >= 15 is 0 Å². The summed E-state index contributed by atoms with van der Waals surface area (Å²) in [6.45, 7) is -0.405. The van der Waals surface area contributed by atoms with Crippen LogP contribution in [0.15, 0.2) is 39.2 Å². The summed E-state index contributed by atoms with van der Waals surface area (Å²) in [5, 5.41) is 0. The van der Waals surface area contributed by atoms with Gasteiger partial charge >= 0.3 is 6.18 Å². The lowest BCUT2D eigenvalue weighted by Crippen LogP contribution is -2.11. The van der Waals surface area contributed by atoms with Gasteiger partial charge in [-0.1, -0.05) is 15.9 Å². The van der Waals surface area contributed by atoms with E-state index in [4.69, 9.17) is 9.15 Å². The Hall–Kier alpha value is -2.13. The fraction of sp³-hybridized carbons (Fsp3) is 0.188. The number of fused-ring (bicyclic) bond motifs is 1. The molecule has 3 aromatic rings. The van der Waals surface area contributed by atoms with Crippen molar-refractivity contribution in [2.24, 2.45) is 0 Å². The number of aromatic nitrogens is 1. The molecule has 0 amide bonds. The molecular formula is C16H10BrF4NO3. The van der Waals surface area contributed by atoms with Crippen LogP contribution in [0.1, 0.15) is 5.56 Å². The number of hydrogen-bond acceptors (Lipinski definition) is 4. The Bertz CT molecular complexity index is 924. The number of nitrogens with zero attached hydrogens (tertiary/aromatic N) is 1. The molecule has 0 aliphatic rings. The highest BCUT2D eigenvalue weighted by molar-refractivity contribution is 9.10. The molecule has 1 heterocycles. The van der Waals surface area contributed by atoms with Crippen molar-refractivity contribution >= 4 is 27.0 Å². The highest BCUT2D eigenvalue weighted by Crippen LogP contribution is 2.39. The number of hydrogen-bond donors (Lipinski definition) is 0. The van der Waals surface area contributed by atoms with Gasteiger partial charge in [0.05, 0.1) is 5.56 Å². The second-order valence-corrected chi connectivity index (χ2v) is 5.93. The average molecular weight is 420 g/mol. The molecule has 4 nitrogen and oxygen atoms in total. The largest absolute Gasteiger partial charge is 0.464 e. The summed E-state index contributed by atoms with van der Waals surface area (Å²) >= 11 is 3.27. The van der Waals surface area contributed by atoms with Crippen molar-refractivity contribution in [1.29, 1.82) is 0 Å². The molecule has 1 aromatic heterocycles. The molecule has 0 aliphatic heterocycles. The van der Waals surface area contributed by atoms with E-state index in [-0.39, 0.29) is 11.5 Å². The summed E-state index contributed by atoms with van der Waals surface area (Å²) in [4.78, 5) is 4.13. The lowest BCUT2D eigenvalue weighted by Gasteiger charge is -2.13. The molecule has 0 bridgehead atoms. The van der Waals surface area contributed by atoms with Crippen molar-refractivity contribution in [2.45, 2.75) is 6.18 Å². The van der Waals surface area contributed by atoms with Gasteiger partial charge < -0.3 is 13.9 Å². The van der Waals surface area contributed by atoms with Crippen LogP contribution in [0.3, 0.4) is 0 Å². The summed E-state index contributed by atoms with van der Waals surface area (Å²) in [7, 11) is 1.27. The third kappa shape index (κ3) is 3.62. The molecular weight excluding hydrogens is 410 g/mol. The van der Waals surface area contributed by atoms with Crippen LogP contribution in [0.4, 0.5) is 17.6 Å². The Morgan fingerprint density at radius 3 is 2.64 bits per heavy atom. The van der Waals surface area contributed by atoms with Gasteiger partial charge in [-0.05, 0) is 30.3 Å². The molecule has 0 aliphatic carbocycles. The molecule has 0 radical (unpaired) electrons. The molecule has 0 atom stereocenters. The normalized spacial score (nSPS) is 11.9. The van der Waals surface area contributed by atoms with Crippen molar-refractivity contribution in [2.75, 3.05) is 13.9 Å². The number of alkyl halides is 3. The zero-order valence-corrected chi connectivity index (χ0v) is 14.2. The first-order valence-corrected chi connectivity index (χ1v) is 7.68. The number of ether oxygens (including phenoxy) is 2. The van der Waals surface area contributed by atoms with Gasteiger partial charge in [0.2, 0.25) is 5.89 Å². The van der Waals surface area contributed by atoms with Gasteiger partial charge in [0, 0.05) is 17.1 Å². The monoisotopic (exact) mass is 419 g/mol. The Morgan fingerprint density at radius 2 is 1.96 bits per heavy atom. The third-order valence-corrected chi connectivity index (χ3v) is 3.77. The number of methoxy groups -OCH3 is 1. The van der Waals surface area contributed by atoms with E-state index in [2.05, 4.69) is 25.7 Å². The van der Waals surface area contributed by atoms with Gasteiger partial charge in [-0.25, -0.2) is 9.37 Å². The third-order valence-electron chi connectivity index (χ3n) is 3.27. The van der Waals surface area contributed by atoms with Gasteiger partial charge in [0.1, 0.15) is 5.52 Å². The van der Waals surface area contributed by atoms with Crippen LogP contribution in [0, 0.1) is 5.82 Å². The van der Waals surface area contributed by atoms with E-state index in [0.717, 1.165) is 10.5 Å². The Labute approximate surface area is 147 Å². The number of benzene rings is 2. The minimum atomic E-state index is -4.90. The van der Waals surface area contributed by atoms with Gasteiger partial charge in [-0.2, -0.15) is 13.2 Å². The Kier molecular flexibility index (Phi) is 4.70. The molecule has 0 saturated heterocycles. The van der Waals surface area contributed by atoms with Gasteiger partial charge in [0.15, 0.2) is 23.9 Å². The summed E-state index contributed by atoms with van der Waals surface area (Å²) in [5.74, 6) is -2.21. The minimum absolute atomic E-state index is 0.0628. The lowest BCUT2D eigenvalue weighted by molar-refractivity contribution is -0.140. The van der Waals surface area contributed by atoms with E-state index < -0.39 is 30.1 Å². The van der Waals surface area contributed by atoms with Crippen molar-refractivity contribution < 1.29 is 31.5 Å². The minimum Gasteiger partial charge on any atom is -0.464 e. The molecule has 0 spiro atoms. The molecule has 25 heavy (non-hydrogen) atoms. The maximum atomic E-state index is 14.1. The maximum Gasteiger partial charge on any atom is 0.419 e. The first kappa shape index (κ1) is 17.7. The quantitative estimate of drug-likeness (QED) is 0.419. The van der Waals surface area contributed by atoms with E-state index in [0.29, 0.717) is 17.2 Å². The highest BCUT2D eigenvalue weighted by Gasteiger charge is 2.36. The molecule has 132 valence electrons. The van der Waals surface area contributed by atoms with E-state index in [1.54, 1.807) is 18.2 Å². The number of halogens is 5. The molecule has 0 N–H and O–H groups in total. The van der Waals surface area contributed by atoms with Crippen molar-refractivity contribution in [3.8, 4) is 17.2 Å². The first-order valence-electron chi connectivity index (χ1n) is 6.88. The molecule has 9 heteroatoms. The summed E-state index contributed by atoms with van der Waals surface area (Å²) in [6, 6.07) is 6.71. The zero-order valence-electron chi connectivity index (χ0n) is 12.7. The van der Waals surface area contributed by atoms with Gasteiger partial charge in [0.25, 0.3) is 0 Å². The predicted octanol–water partition coefficient (Wildman–Crippen LogP) is 5.40. The second-order valence-electron chi connectivity index (χ2n) is 5.02. The predicted molar refractivity (Wildman–Crippen MR) is 84.6 cm³/mol. The number of rotatable bonds is 4. The summed E-state index contributed by atoms with van der Waals surface area (Å²) in [5.41, 5.74) is -0.705. The van der Waals surface area contributed by atoms with Crippen molar-refractivity contribution in [3.05, 3.63) is 46.2 Å². The maximum absolute atomic E-state index is 14.1. The topological polar surface area (TPSA) is 44.5 Å². The molecule has 2 aromatic carbocycles. The van der Waals surface area contributed by atoms with Crippen molar-refractivity contribution in [3.63, 3.8) is 0 Å². The molecule has 3 rings (SSSR count). The van der Waals surface area contributed by atoms with E-state index in [9.17, 15) is 17.6 Å². The van der Waals surface area contributed by atoms with Gasteiger partial charge in [-0.15, -0.1) is 0 Å². The fourth-order valence-corrected chi connectivity index (χ4v) is 2.52. The van der Waals surface area contributed by atoms with Crippen LogP contribution in [0.5, 0.6) is 5.75 Å². The first-order chi connectivity index (χ1) is 11.8. The Balaban J connectivity index is 2.16. The smallest absolute Gasteiger partial charge is 0.419 e. The van der Waals surface area contributed by atoms with E-state index in [1.165, 1.54) is 7.11 Å². The SMILES string of the molecule is COCOc1cc(-c2nc3ccc(Br)cc3o2)cc(C(F)(F)F)c1F. The van der Waals surface area contributed by atoms with E-state index in [1.807, 2.05) is 0 Å². The summed E-state index contributed by atoms with van der Waals surface area (Å²) < 4.78 is 69.2. The highest BCUT2D eigenvalue weighted by atomic mass is 79.9. The average Bonchev–Trinajstić information content (AvgIpc) is 2.95. The summed E-state index contributed by atoms with van der Waals surface area (Å²) in [6.07, 6.45) is -4.90. The van der Waals surface area contributed by atoms with Crippen LogP contribution in [-0.4, -0.2) is 18.9 Å². The molecule has 0 fully saturated rings. The second kappa shape index (κ2) is 6.64. The fourth-order valence-electron chi connectivity index (χ4n) is 2.18. The van der Waals surface area contributed by atoms with Crippen LogP contribution >= 0.6 is 15.9 Å². The van der Waals surface area contributed by atoms with Crippen LogP contribution < -0.4 is 4.74 Å². The van der Waals surface area contributed by atoms with Crippen LogP contribution in [0.25, 0.3) is 22.6 Å². The molecule has 0 unspecified atom stereocenters. The molecule has 0 saturated carbocycles. The van der Waals surface area contributed by atoms with Crippen LogP contribution in [-0.2, 0) is 10.9 Å². The van der Waals surface area contributed by atoms with Gasteiger partial charge in [-0.3, -0.25) is 0 Å². The lowest BCUT2D eigenvalue weighted by atomic mass is 10.1. The number of oxazole rings is 1. The van der Waals surface area contributed by atoms with Crippen molar-refractivity contribution in [1.82, 2.24) is 4.98 Å². The standard InChI is InChI=1S/C16H10BrF4NO3/c1-23-7-24-13-5-8(4-10(14(13)18)16(19,20)21)15-22-11-3-2-9(17)6-12(11)25-15/h2-6H,7H2,1H3.